The summed E-state index contributed by atoms with van der Waals surface area (Å²) < 4.78 is 0. The van der Waals surface area contributed by atoms with Crippen LogP contribution in [0.5, 0.6) is 0 Å². The van der Waals surface area contributed by atoms with Gasteiger partial charge in [-0.3, -0.25) is 0 Å². The number of rotatable bonds is 10. The van der Waals surface area contributed by atoms with E-state index in [9.17, 15) is 0 Å². The molecule has 2 atom stereocenters. The molecule has 0 N–H and O–H groups in total. The van der Waals surface area contributed by atoms with Crippen LogP contribution in [0.25, 0.3) is 0 Å². The third-order valence-corrected chi connectivity index (χ3v) is 7.51. The summed E-state index contributed by atoms with van der Waals surface area (Å²) in [6, 6.07) is 24.8. The number of hydrogen-bond donors (Lipinski definition) is 0. The normalized spacial score (nSPS) is 15.1. The summed E-state index contributed by atoms with van der Waals surface area (Å²) >= 11 is 6.25. The maximum Gasteiger partial charge on any atom is 0.0443 e. The first-order valence-corrected chi connectivity index (χ1v) is 13.2. The number of aryl methyl sites for hydroxylation is 2. The third-order valence-electron chi connectivity index (χ3n) is 7.26. The maximum atomic E-state index is 6.25. The SMILES string of the molecule is C=C(C1CC1)N(c1cc(C(c2ccc(C)cc2)c2ccc(Cl)cc2)ccc1C)C(CC)CCC. The molecule has 1 nitrogen and oxygen atoms in total. The Morgan fingerprint density at radius 2 is 1.50 bits per heavy atom. The summed E-state index contributed by atoms with van der Waals surface area (Å²) in [5, 5.41) is 0.772. The van der Waals surface area contributed by atoms with E-state index < -0.39 is 0 Å². The fourth-order valence-corrected chi connectivity index (χ4v) is 5.23. The maximum absolute atomic E-state index is 6.25. The quantitative estimate of drug-likeness (QED) is 0.266. The van der Waals surface area contributed by atoms with Crippen molar-refractivity contribution in [2.45, 2.75) is 71.8 Å². The van der Waals surface area contributed by atoms with Crippen molar-refractivity contribution < 1.29 is 0 Å². The Kier molecular flexibility index (Phi) is 7.84. The van der Waals surface area contributed by atoms with Crippen LogP contribution in [0.4, 0.5) is 5.69 Å². The minimum Gasteiger partial charge on any atom is -0.342 e. The molecule has 1 saturated carbocycles. The van der Waals surface area contributed by atoms with E-state index in [1.165, 1.54) is 64.9 Å². The van der Waals surface area contributed by atoms with Gasteiger partial charge in [0, 0.05) is 28.4 Å². The van der Waals surface area contributed by atoms with Gasteiger partial charge < -0.3 is 4.90 Å². The highest BCUT2D eigenvalue weighted by Crippen LogP contribution is 2.43. The number of benzene rings is 3. The van der Waals surface area contributed by atoms with Crippen LogP contribution >= 0.6 is 11.6 Å². The van der Waals surface area contributed by atoms with Gasteiger partial charge in [-0.25, -0.2) is 0 Å². The van der Waals surface area contributed by atoms with E-state index in [0.29, 0.717) is 12.0 Å². The van der Waals surface area contributed by atoms with E-state index in [1.54, 1.807) is 0 Å². The Balaban J connectivity index is 1.84. The lowest BCUT2D eigenvalue weighted by molar-refractivity contribution is 0.548. The Morgan fingerprint density at radius 1 is 0.912 bits per heavy atom. The monoisotopic (exact) mass is 471 g/mol. The van der Waals surface area contributed by atoms with E-state index in [1.807, 2.05) is 12.1 Å². The Hall–Kier alpha value is -2.51. The van der Waals surface area contributed by atoms with Gasteiger partial charge in [-0.05, 0) is 85.9 Å². The summed E-state index contributed by atoms with van der Waals surface area (Å²) in [4.78, 5) is 2.59. The summed E-state index contributed by atoms with van der Waals surface area (Å²) in [7, 11) is 0. The molecule has 1 aliphatic rings. The molecule has 0 aliphatic heterocycles. The number of nitrogens with zero attached hydrogens (tertiary/aromatic N) is 1. The second-order valence-corrected chi connectivity index (χ2v) is 10.4. The van der Waals surface area contributed by atoms with Crippen LogP contribution in [-0.2, 0) is 0 Å². The average molecular weight is 472 g/mol. The van der Waals surface area contributed by atoms with Gasteiger partial charge in [0.1, 0.15) is 0 Å². The Labute approximate surface area is 211 Å². The largest absolute Gasteiger partial charge is 0.342 e. The van der Waals surface area contributed by atoms with Gasteiger partial charge in [0.2, 0.25) is 0 Å². The molecule has 0 aromatic heterocycles. The Morgan fingerprint density at radius 3 is 2.06 bits per heavy atom. The lowest BCUT2D eigenvalue weighted by Crippen LogP contribution is -2.35. The summed E-state index contributed by atoms with van der Waals surface area (Å²) in [5.74, 6) is 0.789. The van der Waals surface area contributed by atoms with Crippen LogP contribution in [-0.4, -0.2) is 6.04 Å². The molecule has 3 aromatic rings. The number of halogens is 1. The lowest BCUT2D eigenvalue weighted by Gasteiger charge is -2.37. The van der Waals surface area contributed by atoms with E-state index in [-0.39, 0.29) is 5.92 Å². The van der Waals surface area contributed by atoms with Crippen molar-refractivity contribution in [1.82, 2.24) is 0 Å². The molecular formula is C32H38ClN. The van der Waals surface area contributed by atoms with Crippen LogP contribution in [0.3, 0.4) is 0 Å². The average Bonchev–Trinajstić information content (AvgIpc) is 3.68. The van der Waals surface area contributed by atoms with Crippen LogP contribution in [0, 0.1) is 19.8 Å². The molecule has 2 heteroatoms. The van der Waals surface area contributed by atoms with Crippen molar-refractivity contribution in [2.24, 2.45) is 5.92 Å². The number of hydrogen-bond acceptors (Lipinski definition) is 1. The number of anilines is 1. The Bertz CT molecular complexity index is 1060. The van der Waals surface area contributed by atoms with E-state index in [2.05, 4.69) is 93.8 Å². The molecular weight excluding hydrogens is 434 g/mol. The topological polar surface area (TPSA) is 3.24 Å². The molecule has 0 spiro atoms. The minimum atomic E-state index is 0.152. The van der Waals surface area contributed by atoms with Gasteiger partial charge >= 0.3 is 0 Å². The second-order valence-electron chi connectivity index (χ2n) is 9.93. The fraction of sp³-hybridized carbons (Fsp3) is 0.375. The van der Waals surface area contributed by atoms with Crippen LogP contribution in [0.15, 0.2) is 79.0 Å². The molecule has 4 rings (SSSR count). The van der Waals surface area contributed by atoms with Crippen LogP contribution < -0.4 is 4.90 Å². The third kappa shape index (κ3) is 5.41. The number of allylic oxidation sites excluding steroid dienone is 1. The zero-order valence-electron chi connectivity index (χ0n) is 21.2. The van der Waals surface area contributed by atoms with Gasteiger partial charge in [0.15, 0.2) is 0 Å². The smallest absolute Gasteiger partial charge is 0.0443 e. The highest BCUT2D eigenvalue weighted by atomic mass is 35.5. The van der Waals surface area contributed by atoms with Gasteiger partial charge in [-0.2, -0.15) is 0 Å². The summed E-state index contributed by atoms with van der Waals surface area (Å²) in [6.07, 6.45) is 6.04. The molecule has 0 amide bonds. The highest BCUT2D eigenvalue weighted by Gasteiger charge is 2.32. The van der Waals surface area contributed by atoms with Crippen molar-refractivity contribution in [3.8, 4) is 0 Å². The predicted molar refractivity (Wildman–Crippen MR) is 148 cm³/mol. The van der Waals surface area contributed by atoms with Crippen molar-refractivity contribution in [3.63, 3.8) is 0 Å². The molecule has 0 heterocycles. The summed E-state index contributed by atoms with van der Waals surface area (Å²) in [5.41, 5.74) is 9.10. The minimum absolute atomic E-state index is 0.152. The first-order chi connectivity index (χ1) is 16.4. The van der Waals surface area contributed by atoms with Crippen LogP contribution in [0.1, 0.15) is 79.7 Å². The molecule has 0 saturated heterocycles. The lowest BCUT2D eigenvalue weighted by atomic mass is 9.84. The molecule has 1 fully saturated rings. The van der Waals surface area contributed by atoms with Crippen LogP contribution in [0.2, 0.25) is 5.02 Å². The van der Waals surface area contributed by atoms with Crippen molar-refractivity contribution in [1.29, 1.82) is 0 Å². The molecule has 1 aliphatic carbocycles. The van der Waals surface area contributed by atoms with Crippen molar-refractivity contribution >= 4 is 17.3 Å². The van der Waals surface area contributed by atoms with E-state index in [0.717, 1.165) is 11.4 Å². The van der Waals surface area contributed by atoms with E-state index in [4.69, 9.17) is 11.6 Å². The first-order valence-electron chi connectivity index (χ1n) is 12.8. The van der Waals surface area contributed by atoms with Crippen molar-refractivity contribution in [2.75, 3.05) is 4.90 Å². The van der Waals surface area contributed by atoms with Gasteiger partial charge in [-0.1, -0.05) is 92.5 Å². The predicted octanol–water partition coefficient (Wildman–Crippen LogP) is 9.45. The zero-order valence-corrected chi connectivity index (χ0v) is 21.9. The fourth-order valence-electron chi connectivity index (χ4n) is 5.11. The second kappa shape index (κ2) is 10.8. The standard InChI is InChI=1S/C32H38ClN/c1-6-8-30(7-2)34(24(5)25-15-16-25)31-21-28(14-11-23(31)4)32(26-12-9-22(3)10-13-26)27-17-19-29(33)20-18-27/h9-14,17-21,25,30,32H,5-8,15-16H2,1-4H3. The van der Waals surface area contributed by atoms with Crippen molar-refractivity contribution in [3.05, 3.63) is 112 Å². The van der Waals surface area contributed by atoms with Gasteiger partial charge in [0.05, 0.1) is 0 Å². The van der Waals surface area contributed by atoms with Gasteiger partial charge in [-0.15, -0.1) is 0 Å². The molecule has 34 heavy (non-hydrogen) atoms. The molecule has 0 bridgehead atoms. The van der Waals surface area contributed by atoms with Gasteiger partial charge in [0.25, 0.3) is 0 Å². The molecule has 2 unspecified atom stereocenters. The summed E-state index contributed by atoms with van der Waals surface area (Å²) in [6.45, 7) is 13.6. The van der Waals surface area contributed by atoms with E-state index >= 15 is 0 Å². The first kappa shape index (κ1) is 24.6. The molecule has 0 radical (unpaired) electrons. The zero-order chi connectivity index (χ0) is 24.2. The molecule has 178 valence electrons. The molecule has 3 aromatic carbocycles. The highest BCUT2D eigenvalue weighted by molar-refractivity contribution is 6.30.